The van der Waals surface area contributed by atoms with Crippen LogP contribution in [0.3, 0.4) is 0 Å². The smallest absolute Gasteiger partial charge is 1.00 e. The molecular formula is CH3NaOS2. The fourth-order valence-electron chi connectivity index (χ4n) is 0. The summed E-state index contributed by atoms with van der Waals surface area (Å²) in [6.07, 6.45) is 0. The minimum atomic E-state index is -0.444. The van der Waals surface area contributed by atoms with Crippen molar-refractivity contribution in [2.45, 2.75) is 0 Å². The zero-order chi connectivity index (χ0) is 3.58. The molecule has 0 aromatic carbocycles. The number of carbonyl (C=O) groups excluding carboxylic acids is 1. The molecule has 0 aromatic rings. The average molecular weight is 118 g/mol. The minimum Gasteiger partial charge on any atom is -1.00 e. The third kappa shape index (κ3) is 32.5. The SMILES string of the molecule is O=C(S)S.[H-].[Na+]. The molecule has 0 unspecified atom stereocenters. The Hall–Kier alpha value is 1.37. The summed E-state index contributed by atoms with van der Waals surface area (Å²) in [5.74, 6) is 0. The second kappa shape index (κ2) is 5.37. The fourth-order valence-corrected chi connectivity index (χ4v) is 0. The Bertz CT molecular complexity index is 36.5. The summed E-state index contributed by atoms with van der Waals surface area (Å²) in [5.41, 5.74) is 0. The Labute approximate surface area is 65.1 Å². The van der Waals surface area contributed by atoms with Gasteiger partial charge in [0.1, 0.15) is 0 Å². The molecule has 0 radical (unpaired) electrons. The van der Waals surface area contributed by atoms with E-state index >= 15 is 0 Å². The molecule has 0 aliphatic carbocycles. The average Bonchev–Trinajstić information content (AvgIpc) is 0.811. The first-order chi connectivity index (χ1) is 1.73. The molecule has 26 valence electrons. The van der Waals surface area contributed by atoms with Crippen molar-refractivity contribution in [2.24, 2.45) is 0 Å². The third-order valence-electron chi connectivity index (χ3n) is 0. The molecule has 0 saturated heterocycles. The van der Waals surface area contributed by atoms with E-state index in [2.05, 4.69) is 25.3 Å². The van der Waals surface area contributed by atoms with Gasteiger partial charge in [-0.1, -0.05) is 25.3 Å². The van der Waals surface area contributed by atoms with Crippen molar-refractivity contribution in [3.05, 3.63) is 0 Å². The van der Waals surface area contributed by atoms with E-state index in [0.717, 1.165) is 0 Å². The molecule has 0 aliphatic heterocycles. The molecule has 0 aliphatic rings. The van der Waals surface area contributed by atoms with Gasteiger partial charge in [-0.15, -0.1) is 0 Å². The van der Waals surface area contributed by atoms with E-state index in [9.17, 15) is 4.79 Å². The normalized spacial score (nSPS) is 5.20. The summed E-state index contributed by atoms with van der Waals surface area (Å²) in [4.78, 5) is 9.17. The van der Waals surface area contributed by atoms with Crippen molar-refractivity contribution in [3.8, 4) is 0 Å². The van der Waals surface area contributed by atoms with Crippen molar-refractivity contribution in [1.82, 2.24) is 0 Å². The Balaban J connectivity index is -0.0000000450. The molecule has 1 nitrogen and oxygen atoms in total. The first-order valence-electron chi connectivity index (χ1n) is 0.651. The quantitative estimate of drug-likeness (QED) is 0.280. The Morgan fingerprint density at radius 1 is 1.60 bits per heavy atom. The van der Waals surface area contributed by atoms with Crippen molar-refractivity contribution in [2.75, 3.05) is 0 Å². The minimum absolute atomic E-state index is 0. The van der Waals surface area contributed by atoms with E-state index in [1.165, 1.54) is 0 Å². The summed E-state index contributed by atoms with van der Waals surface area (Å²) >= 11 is 6.38. The van der Waals surface area contributed by atoms with E-state index < -0.39 is 4.45 Å². The first-order valence-corrected chi connectivity index (χ1v) is 1.55. The molecule has 0 amide bonds. The van der Waals surface area contributed by atoms with Crippen LogP contribution in [-0.4, -0.2) is 4.45 Å². The largest absolute Gasteiger partial charge is 1.00 e. The molecule has 4 heteroatoms. The van der Waals surface area contributed by atoms with Crippen LogP contribution < -0.4 is 29.6 Å². The molecule has 0 spiro atoms. The zero-order valence-electron chi connectivity index (χ0n) is 3.80. The van der Waals surface area contributed by atoms with E-state index in [0.29, 0.717) is 0 Å². The van der Waals surface area contributed by atoms with Gasteiger partial charge in [0.2, 0.25) is 4.45 Å². The standard InChI is InChI=1S/CH2OS2.Na.H/c2-1(3)4;;/h(H2,2,3,4);;/q;+1;-1. The van der Waals surface area contributed by atoms with Crippen LogP contribution in [0.1, 0.15) is 1.43 Å². The summed E-state index contributed by atoms with van der Waals surface area (Å²) in [7, 11) is 0. The van der Waals surface area contributed by atoms with Crippen molar-refractivity contribution < 1.29 is 35.8 Å². The Kier molecular flexibility index (Phi) is 10.3. The molecule has 0 rings (SSSR count). The van der Waals surface area contributed by atoms with Crippen LogP contribution in [0.15, 0.2) is 0 Å². The number of rotatable bonds is 0. The predicted molar refractivity (Wildman–Crippen MR) is 24.5 cm³/mol. The van der Waals surface area contributed by atoms with Crippen LogP contribution in [0.4, 0.5) is 4.79 Å². The molecule has 0 saturated carbocycles. The van der Waals surface area contributed by atoms with E-state index in [1.54, 1.807) is 0 Å². The van der Waals surface area contributed by atoms with Crippen LogP contribution in [-0.2, 0) is 0 Å². The second-order valence-corrected chi connectivity index (χ2v) is 1.45. The molecule has 5 heavy (non-hydrogen) atoms. The molecule has 0 N–H and O–H groups in total. The summed E-state index contributed by atoms with van der Waals surface area (Å²) in [6, 6.07) is 0. The number of hydrogen-bond donors (Lipinski definition) is 2. The summed E-state index contributed by atoms with van der Waals surface area (Å²) in [6.45, 7) is 0. The van der Waals surface area contributed by atoms with Crippen molar-refractivity contribution >= 4 is 29.7 Å². The van der Waals surface area contributed by atoms with Gasteiger partial charge < -0.3 is 1.43 Å². The number of hydrogen-bond acceptors (Lipinski definition) is 1. The van der Waals surface area contributed by atoms with Gasteiger partial charge >= 0.3 is 29.6 Å². The molecule has 0 bridgehead atoms. The van der Waals surface area contributed by atoms with Gasteiger partial charge in [-0.3, -0.25) is 4.79 Å². The van der Waals surface area contributed by atoms with Crippen molar-refractivity contribution in [3.63, 3.8) is 0 Å². The summed E-state index contributed by atoms with van der Waals surface area (Å²) < 4.78 is -0.444. The van der Waals surface area contributed by atoms with Crippen LogP contribution in [0.5, 0.6) is 0 Å². The van der Waals surface area contributed by atoms with Crippen molar-refractivity contribution in [1.29, 1.82) is 0 Å². The van der Waals surface area contributed by atoms with Crippen LogP contribution in [0, 0.1) is 0 Å². The van der Waals surface area contributed by atoms with Gasteiger partial charge in [0, 0.05) is 0 Å². The molecule has 0 atom stereocenters. The van der Waals surface area contributed by atoms with Gasteiger partial charge in [0.15, 0.2) is 0 Å². The van der Waals surface area contributed by atoms with Gasteiger partial charge in [-0.25, -0.2) is 0 Å². The predicted octanol–water partition coefficient (Wildman–Crippen LogP) is -1.92. The molecular weight excluding hydrogens is 115 g/mol. The van der Waals surface area contributed by atoms with E-state index in [4.69, 9.17) is 0 Å². The van der Waals surface area contributed by atoms with Crippen LogP contribution in [0.2, 0.25) is 0 Å². The fraction of sp³-hybridized carbons (Fsp3) is 0. The monoisotopic (exact) mass is 118 g/mol. The van der Waals surface area contributed by atoms with Gasteiger partial charge in [0.25, 0.3) is 0 Å². The van der Waals surface area contributed by atoms with Gasteiger partial charge in [-0.05, 0) is 0 Å². The first kappa shape index (κ1) is 9.62. The zero-order valence-corrected chi connectivity index (χ0v) is 6.59. The number of thiol groups is 2. The third-order valence-corrected chi connectivity index (χ3v) is 0. The van der Waals surface area contributed by atoms with Gasteiger partial charge in [0.05, 0.1) is 0 Å². The maximum atomic E-state index is 9.17. The van der Waals surface area contributed by atoms with E-state index in [-0.39, 0.29) is 31.0 Å². The maximum absolute atomic E-state index is 9.17. The van der Waals surface area contributed by atoms with Crippen LogP contribution in [0.25, 0.3) is 0 Å². The topological polar surface area (TPSA) is 17.1 Å². The maximum Gasteiger partial charge on any atom is 1.00 e. The summed E-state index contributed by atoms with van der Waals surface area (Å²) in [5, 5.41) is 0. The molecule has 0 heterocycles. The molecule has 0 aromatic heterocycles. The Morgan fingerprint density at radius 2 is 1.60 bits per heavy atom. The van der Waals surface area contributed by atoms with Gasteiger partial charge in [-0.2, -0.15) is 0 Å². The number of carbonyl (C=O) groups is 1. The van der Waals surface area contributed by atoms with Crippen LogP contribution >= 0.6 is 25.3 Å². The molecule has 0 fully saturated rings. The Morgan fingerprint density at radius 3 is 1.60 bits per heavy atom. The van der Waals surface area contributed by atoms with E-state index in [1.807, 2.05) is 0 Å². The second-order valence-electron chi connectivity index (χ2n) is 0.283.